The van der Waals surface area contributed by atoms with Crippen molar-refractivity contribution in [2.24, 2.45) is 5.92 Å². The van der Waals surface area contributed by atoms with E-state index in [0.717, 1.165) is 12.5 Å². The van der Waals surface area contributed by atoms with Crippen LogP contribution in [0.3, 0.4) is 0 Å². The van der Waals surface area contributed by atoms with E-state index >= 15 is 0 Å². The molecule has 0 bridgehead atoms. The first-order valence-corrected chi connectivity index (χ1v) is 6.90. The summed E-state index contributed by atoms with van der Waals surface area (Å²) in [6.45, 7) is 5.52. The fraction of sp³-hybridized carbons (Fsp3) is 0.667. The highest BCUT2D eigenvalue weighted by Gasteiger charge is 2.19. The van der Waals surface area contributed by atoms with Crippen LogP contribution in [0, 0.1) is 12.8 Å². The maximum absolute atomic E-state index is 4.21. The number of aromatic nitrogens is 1. The van der Waals surface area contributed by atoms with Gasteiger partial charge in [0.2, 0.25) is 0 Å². The van der Waals surface area contributed by atoms with E-state index < -0.39 is 0 Å². The molecule has 2 nitrogen and oxygen atoms in total. The molecule has 0 amide bonds. The number of hydrogen-bond donors (Lipinski definition) is 1. The van der Waals surface area contributed by atoms with Gasteiger partial charge in [-0.25, -0.2) is 0 Å². The third-order valence-corrected chi connectivity index (χ3v) is 4.06. The lowest BCUT2D eigenvalue weighted by Gasteiger charge is -2.23. The van der Waals surface area contributed by atoms with Crippen LogP contribution >= 0.6 is 0 Å². The molecule has 1 fully saturated rings. The predicted octanol–water partition coefficient (Wildman–Crippen LogP) is 3.45. The van der Waals surface area contributed by atoms with E-state index in [1.807, 2.05) is 12.4 Å². The van der Waals surface area contributed by atoms with Crippen LogP contribution in [0.15, 0.2) is 18.5 Å². The lowest BCUT2D eigenvalue weighted by molar-refractivity contribution is 0.355. The minimum absolute atomic E-state index is 0.692. The lowest BCUT2D eigenvalue weighted by atomic mass is 9.96. The van der Waals surface area contributed by atoms with Gasteiger partial charge in [0.05, 0.1) is 0 Å². The van der Waals surface area contributed by atoms with E-state index in [2.05, 4.69) is 30.2 Å². The van der Waals surface area contributed by atoms with Crippen LogP contribution in [0.2, 0.25) is 0 Å². The molecule has 1 N–H and O–H groups in total. The Morgan fingerprint density at radius 3 is 2.94 bits per heavy atom. The molecule has 0 aromatic carbocycles. The first kappa shape index (κ1) is 12.6. The summed E-state index contributed by atoms with van der Waals surface area (Å²) in [6, 6.07) is 2.78. The highest BCUT2D eigenvalue weighted by Crippen LogP contribution is 2.23. The van der Waals surface area contributed by atoms with Crippen LogP contribution in [0.25, 0.3) is 0 Å². The fourth-order valence-electron chi connectivity index (χ4n) is 2.72. The molecular weight excluding hydrogens is 208 g/mol. The van der Waals surface area contributed by atoms with Gasteiger partial charge < -0.3 is 5.32 Å². The molecular formula is C15H24N2. The Morgan fingerprint density at radius 1 is 1.29 bits per heavy atom. The quantitative estimate of drug-likeness (QED) is 0.807. The van der Waals surface area contributed by atoms with Crippen LogP contribution in [0.4, 0.5) is 0 Å². The van der Waals surface area contributed by atoms with E-state index in [-0.39, 0.29) is 0 Å². The van der Waals surface area contributed by atoms with Crippen LogP contribution in [-0.4, -0.2) is 11.0 Å². The zero-order valence-corrected chi connectivity index (χ0v) is 11.1. The van der Waals surface area contributed by atoms with Gasteiger partial charge in [-0.3, -0.25) is 4.98 Å². The maximum Gasteiger partial charge on any atom is 0.0315 e. The van der Waals surface area contributed by atoms with E-state index in [4.69, 9.17) is 0 Å². The number of nitrogens with one attached hydrogen (secondary N) is 1. The number of rotatable bonds is 3. The van der Waals surface area contributed by atoms with Gasteiger partial charge in [0.1, 0.15) is 0 Å². The summed E-state index contributed by atoms with van der Waals surface area (Å²) in [5.74, 6) is 0.814. The van der Waals surface area contributed by atoms with Gasteiger partial charge in [-0.15, -0.1) is 0 Å². The van der Waals surface area contributed by atoms with Gasteiger partial charge in [-0.2, -0.15) is 0 Å². The monoisotopic (exact) mass is 232 g/mol. The smallest absolute Gasteiger partial charge is 0.0315 e. The van der Waals surface area contributed by atoms with Gasteiger partial charge in [0.25, 0.3) is 0 Å². The molecule has 0 radical (unpaired) electrons. The Morgan fingerprint density at radius 2 is 2.12 bits per heavy atom. The predicted molar refractivity (Wildman–Crippen MR) is 71.9 cm³/mol. The zero-order valence-electron chi connectivity index (χ0n) is 11.1. The zero-order chi connectivity index (χ0) is 12.1. The molecule has 1 aliphatic rings. The van der Waals surface area contributed by atoms with Gasteiger partial charge in [-0.05, 0) is 42.9 Å². The molecule has 94 valence electrons. The molecule has 2 heteroatoms. The van der Waals surface area contributed by atoms with Crippen molar-refractivity contribution in [2.45, 2.75) is 58.5 Å². The second-order valence-corrected chi connectivity index (χ2v) is 5.40. The number of nitrogens with zero attached hydrogens (tertiary/aromatic N) is 1. The second-order valence-electron chi connectivity index (χ2n) is 5.40. The van der Waals surface area contributed by atoms with Crippen molar-refractivity contribution in [3.8, 4) is 0 Å². The van der Waals surface area contributed by atoms with E-state index in [1.54, 1.807) is 0 Å². The highest BCUT2D eigenvalue weighted by atomic mass is 14.9. The fourth-order valence-corrected chi connectivity index (χ4v) is 2.72. The average molecular weight is 232 g/mol. The first-order chi connectivity index (χ1) is 8.27. The van der Waals surface area contributed by atoms with E-state index in [0.29, 0.717) is 6.04 Å². The molecule has 2 atom stereocenters. The molecule has 17 heavy (non-hydrogen) atoms. The van der Waals surface area contributed by atoms with Crippen LogP contribution in [0.5, 0.6) is 0 Å². The molecule has 1 aromatic heterocycles. The number of hydrogen-bond acceptors (Lipinski definition) is 2. The lowest BCUT2D eigenvalue weighted by Crippen LogP contribution is -2.34. The second kappa shape index (κ2) is 6.15. The minimum atomic E-state index is 0.692. The Labute approximate surface area is 105 Å². The van der Waals surface area contributed by atoms with Gasteiger partial charge in [0.15, 0.2) is 0 Å². The average Bonchev–Trinajstić information content (AvgIpc) is 2.53. The maximum atomic E-state index is 4.21. The Balaban J connectivity index is 1.90. The van der Waals surface area contributed by atoms with Gasteiger partial charge in [0, 0.05) is 25.0 Å². The summed E-state index contributed by atoms with van der Waals surface area (Å²) in [5.41, 5.74) is 2.68. The van der Waals surface area contributed by atoms with Crippen molar-refractivity contribution in [1.82, 2.24) is 10.3 Å². The molecule has 1 saturated carbocycles. The molecule has 2 unspecified atom stereocenters. The van der Waals surface area contributed by atoms with Gasteiger partial charge >= 0.3 is 0 Å². The summed E-state index contributed by atoms with van der Waals surface area (Å²) in [7, 11) is 0. The van der Waals surface area contributed by atoms with Crippen LogP contribution in [0.1, 0.15) is 50.2 Å². The Bertz CT molecular complexity index is 349. The summed E-state index contributed by atoms with van der Waals surface area (Å²) >= 11 is 0. The van der Waals surface area contributed by atoms with Crippen LogP contribution < -0.4 is 5.32 Å². The normalized spacial score (nSPS) is 25.5. The Hall–Kier alpha value is -0.890. The third kappa shape index (κ3) is 3.53. The summed E-state index contributed by atoms with van der Waals surface area (Å²) in [4.78, 5) is 4.21. The van der Waals surface area contributed by atoms with Crippen molar-refractivity contribution in [3.05, 3.63) is 29.6 Å². The van der Waals surface area contributed by atoms with E-state index in [9.17, 15) is 0 Å². The van der Waals surface area contributed by atoms with Crippen molar-refractivity contribution in [3.63, 3.8) is 0 Å². The highest BCUT2D eigenvalue weighted by molar-refractivity contribution is 5.21. The molecule has 1 aliphatic carbocycles. The Kier molecular flexibility index (Phi) is 4.55. The van der Waals surface area contributed by atoms with Crippen LogP contribution in [-0.2, 0) is 6.54 Å². The molecule has 0 saturated heterocycles. The van der Waals surface area contributed by atoms with Gasteiger partial charge in [-0.1, -0.05) is 26.2 Å². The third-order valence-electron chi connectivity index (χ3n) is 4.06. The molecule has 2 rings (SSSR count). The number of aryl methyl sites for hydroxylation is 1. The summed E-state index contributed by atoms with van der Waals surface area (Å²) in [5, 5.41) is 3.73. The largest absolute Gasteiger partial charge is 0.310 e. The van der Waals surface area contributed by atoms with Crippen molar-refractivity contribution in [2.75, 3.05) is 0 Å². The molecule has 0 spiro atoms. The van der Waals surface area contributed by atoms with Crippen molar-refractivity contribution in [1.29, 1.82) is 0 Å². The van der Waals surface area contributed by atoms with Crippen molar-refractivity contribution < 1.29 is 0 Å². The summed E-state index contributed by atoms with van der Waals surface area (Å²) in [6.07, 6.45) is 10.8. The molecule has 0 aliphatic heterocycles. The van der Waals surface area contributed by atoms with E-state index in [1.165, 1.54) is 43.2 Å². The minimum Gasteiger partial charge on any atom is -0.310 e. The standard InChI is InChI=1S/C15H24N2/c1-12-8-9-16-10-14(12)11-17-15-7-5-3-4-6-13(15)2/h8-10,13,15,17H,3-7,11H2,1-2H3. The van der Waals surface area contributed by atoms with Crippen molar-refractivity contribution >= 4 is 0 Å². The first-order valence-electron chi connectivity index (χ1n) is 6.90. The molecule has 1 heterocycles. The number of pyridine rings is 1. The SMILES string of the molecule is Cc1ccncc1CNC1CCCCCC1C. The topological polar surface area (TPSA) is 24.9 Å². The molecule has 1 aromatic rings. The summed E-state index contributed by atoms with van der Waals surface area (Å²) < 4.78 is 0.